The molecule has 1 fully saturated rings. The second-order valence-electron chi connectivity index (χ2n) is 9.18. The van der Waals surface area contributed by atoms with E-state index in [1.807, 2.05) is 12.1 Å². The van der Waals surface area contributed by atoms with Crippen molar-refractivity contribution in [3.63, 3.8) is 0 Å². The van der Waals surface area contributed by atoms with Gasteiger partial charge in [-0.1, -0.05) is 0 Å². The quantitative estimate of drug-likeness (QED) is 0.421. The first-order chi connectivity index (χ1) is 17.9. The van der Waals surface area contributed by atoms with Crippen LogP contribution in [0.5, 0.6) is 11.5 Å². The highest BCUT2D eigenvalue weighted by atomic mass is 16.5. The van der Waals surface area contributed by atoms with Gasteiger partial charge >= 0.3 is 0 Å². The van der Waals surface area contributed by atoms with Crippen LogP contribution in [0.15, 0.2) is 28.1 Å². The summed E-state index contributed by atoms with van der Waals surface area (Å²) in [5, 5.41) is 5.39. The number of likely N-dealkylation sites (N-methyl/N-ethyl adjacent to an activating group) is 1. The smallest absolute Gasteiger partial charge is 0.261 e. The topological polar surface area (TPSA) is 151 Å². The standard InChI is InChI=1S/C25H30N8O4/c1-32-7-9-33(10-8-32)25-28-19-13-21(37-3)20(36-2)12-15(19)23(29-25)31-30-18-6-4-5-17-14(18)11-16(22(26)34)24(35)27-17/h11-13H,4-10H2,1-3H3,(H2,26,34)(H,27,35)(H,28,29,31)/b30-18-. The van der Waals surface area contributed by atoms with Crippen molar-refractivity contribution in [3.05, 3.63) is 45.4 Å². The number of methoxy groups -OCH3 is 2. The molecule has 3 heterocycles. The molecule has 12 heteroatoms. The maximum Gasteiger partial charge on any atom is 0.261 e. The Balaban J connectivity index is 1.59. The number of primary amides is 1. The van der Waals surface area contributed by atoms with E-state index in [1.54, 1.807) is 14.2 Å². The number of nitrogens with zero attached hydrogens (tertiary/aromatic N) is 5. The van der Waals surface area contributed by atoms with Gasteiger partial charge in [-0.05, 0) is 38.4 Å². The highest BCUT2D eigenvalue weighted by Crippen LogP contribution is 2.35. The summed E-state index contributed by atoms with van der Waals surface area (Å²) in [4.78, 5) is 40.8. The molecule has 0 radical (unpaired) electrons. The highest BCUT2D eigenvalue weighted by Gasteiger charge is 2.22. The third-order valence-corrected chi connectivity index (χ3v) is 6.81. The molecule has 1 aromatic carbocycles. The highest BCUT2D eigenvalue weighted by molar-refractivity contribution is 6.05. The lowest BCUT2D eigenvalue weighted by atomic mass is 9.93. The Hall–Kier alpha value is -4.19. The van der Waals surface area contributed by atoms with Crippen molar-refractivity contribution in [1.29, 1.82) is 0 Å². The van der Waals surface area contributed by atoms with Crippen LogP contribution in [-0.4, -0.2) is 78.9 Å². The first-order valence-electron chi connectivity index (χ1n) is 12.1. The average molecular weight is 507 g/mol. The SMILES string of the molecule is COc1cc2nc(N3CCN(C)CC3)nc(N/N=C3/CCCc4[nH]c(=O)c(C(N)=O)cc43)c2cc1OC. The molecule has 0 unspecified atom stereocenters. The van der Waals surface area contributed by atoms with E-state index in [-0.39, 0.29) is 5.56 Å². The van der Waals surface area contributed by atoms with Gasteiger partial charge in [-0.15, -0.1) is 0 Å². The number of pyridine rings is 1. The number of nitrogens with two attached hydrogens (primary N) is 1. The normalized spacial score (nSPS) is 17.1. The van der Waals surface area contributed by atoms with Crippen molar-refractivity contribution >= 4 is 34.3 Å². The molecule has 1 saturated heterocycles. The number of aromatic amines is 1. The van der Waals surface area contributed by atoms with Gasteiger partial charge < -0.3 is 30.0 Å². The zero-order valence-electron chi connectivity index (χ0n) is 21.1. The van der Waals surface area contributed by atoms with E-state index in [0.29, 0.717) is 52.9 Å². The van der Waals surface area contributed by atoms with Crippen LogP contribution in [-0.2, 0) is 6.42 Å². The van der Waals surface area contributed by atoms with Crippen LogP contribution in [0, 0.1) is 0 Å². The van der Waals surface area contributed by atoms with Crippen LogP contribution in [0.3, 0.4) is 0 Å². The molecule has 0 saturated carbocycles. The molecule has 37 heavy (non-hydrogen) atoms. The van der Waals surface area contributed by atoms with E-state index < -0.39 is 11.5 Å². The second kappa shape index (κ2) is 10.1. The van der Waals surface area contributed by atoms with E-state index in [9.17, 15) is 9.59 Å². The number of carbonyl (C=O) groups excluding carboxylic acids is 1. The summed E-state index contributed by atoms with van der Waals surface area (Å²) in [5.41, 5.74) is 10.8. The Morgan fingerprint density at radius 1 is 1.08 bits per heavy atom. The number of fused-ring (bicyclic) bond motifs is 2. The molecule has 194 valence electrons. The summed E-state index contributed by atoms with van der Waals surface area (Å²) in [5.74, 6) is 1.45. The van der Waals surface area contributed by atoms with Crippen LogP contribution in [0.1, 0.15) is 34.5 Å². The van der Waals surface area contributed by atoms with E-state index >= 15 is 0 Å². The summed E-state index contributed by atoms with van der Waals surface area (Å²) in [7, 11) is 5.26. The Labute approximate surface area is 213 Å². The monoisotopic (exact) mass is 506 g/mol. The Morgan fingerprint density at radius 3 is 2.51 bits per heavy atom. The zero-order chi connectivity index (χ0) is 26.1. The van der Waals surface area contributed by atoms with Gasteiger partial charge in [0, 0.05) is 48.9 Å². The van der Waals surface area contributed by atoms with E-state index in [4.69, 9.17) is 25.2 Å². The molecule has 3 aromatic rings. The predicted octanol–water partition coefficient (Wildman–Crippen LogP) is 1.34. The maximum absolute atomic E-state index is 12.2. The number of ether oxygens (including phenoxy) is 2. The van der Waals surface area contributed by atoms with Gasteiger partial charge in [-0.3, -0.25) is 15.0 Å². The van der Waals surface area contributed by atoms with E-state index in [0.717, 1.165) is 43.7 Å². The lowest BCUT2D eigenvalue weighted by molar-refractivity contribution is 0.0999. The van der Waals surface area contributed by atoms with Crippen LogP contribution >= 0.6 is 0 Å². The number of H-pyrrole nitrogens is 1. The van der Waals surface area contributed by atoms with Gasteiger partial charge in [-0.2, -0.15) is 10.1 Å². The lowest BCUT2D eigenvalue weighted by Gasteiger charge is -2.32. The van der Waals surface area contributed by atoms with Crippen LogP contribution < -0.4 is 31.1 Å². The molecule has 12 nitrogen and oxygen atoms in total. The number of piperazine rings is 1. The zero-order valence-corrected chi connectivity index (χ0v) is 21.1. The number of hydrazone groups is 1. The van der Waals surface area contributed by atoms with E-state index in [1.165, 1.54) is 6.07 Å². The molecule has 1 amide bonds. The Morgan fingerprint density at radius 2 is 1.81 bits per heavy atom. The largest absolute Gasteiger partial charge is 0.493 e. The molecular formula is C25H30N8O4. The van der Waals surface area contributed by atoms with Crippen molar-refractivity contribution in [2.45, 2.75) is 19.3 Å². The molecule has 0 bridgehead atoms. The average Bonchev–Trinajstić information content (AvgIpc) is 2.90. The number of anilines is 2. The molecule has 2 aromatic heterocycles. The van der Waals surface area contributed by atoms with Crippen molar-refractivity contribution < 1.29 is 14.3 Å². The number of nitrogens with one attached hydrogen (secondary N) is 2. The fraction of sp³-hybridized carbons (Fsp3) is 0.400. The summed E-state index contributed by atoms with van der Waals surface area (Å²) >= 11 is 0. The van der Waals surface area contributed by atoms with Gasteiger partial charge in [0.15, 0.2) is 17.3 Å². The van der Waals surface area contributed by atoms with E-state index in [2.05, 4.69) is 32.4 Å². The van der Waals surface area contributed by atoms with Gasteiger partial charge in [0.25, 0.3) is 11.5 Å². The number of hydrogen-bond donors (Lipinski definition) is 3. The van der Waals surface area contributed by atoms with Crippen molar-refractivity contribution in [2.75, 3.05) is 57.8 Å². The van der Waals surface area contributed by atoms with Crippen LogP contribution in [0.4, 0.5) is 11.8 Å². The lowest BCUT2D eigenvalue weighted by Crippen LogP contribution is -2.45. The minimum atomic E-state index is -0.776. The second-order valence-corrected chi connectivity index (χ2v) is 9.18. The van der Waals surface area contributed by atoms with Crippen molar-refractivity contribution in [2.24, 2.45) is 10.8 Å². The summed E-state index contributed by atoms with van der Waals surface area (Å²) in [6.45, 7) is 3.44. The number of hydrogen-bond acceptors (Lipinski definition) is 10. The minimum absolute atomic E-state index is 0.0879. The van der Waals surface area contributed by atoms with Gasteiger partial charge in [0.1, 0.15) is 5.56 Å². The Bertz CT molecular complexity index is 1440. The number of carbonyl (C=O) groups is 1. The maximum atomic E-state index is 12.2. The van der Waals surface area contributed by atoms with Gasteiger partial charge in [0.05, 0.1) is 25.4 Å². The first-order valence-corrected chi connectivity index (χ1v) is 12.1. The fourth-order valence-electron chi connectivity index (χ4n) is 4.69. The molecule has 2 aliphatic rings. The minimum Gasteiger partial charge on any atom is -0.493 e. The van der Waals surface area contributed by atoms with Crippen LogP contribution in [0.2, 0.25) is 0 Å². The molecule has 5 rings (SSSR count). The molecule has 1 aliphatic carbocycles. The molecule has 0 spiro atoms. The number of aryl methyl sites for hydroxylation is 1. The first kappa shape index (κ1) is 24.5. The van der Waals surface area contributed by atoms with Crippen LogP contribution in [0.25, 0.3) is 10.9 Å². The fourth-order valence-corrected chi connectivity index (χ4v) is 4.69. The third kappa shape index (κ3) is 4.79. The Kier molecular flexibility index (Phi) is 6.66. The number of benzene rings is 1. The van der Waals surface area contributed by atoms with Crippen molar-refractivity contribution in [1.82, 2.24) is 19.9 Å². The molecule has 1 aliphatic heterocycles. The summed E-state index contributed by atoms with van der Waals surface area (Å²) in [6.07, 6.45) is 2.15. The summed E-state index contributed by atoms with van der Waals surface area (Å²) < 4.78 is 11.0. The van der Waals surface area contributed by atoms with Gasteiger partial charge in [0.2, 0.25) is 5.95 Å². The summed E-state index contributed by atoms with van der Waals surface area (Å²) in [6, 6.07) is 5.17. The molecule has 0 atom stereocenters. The van der Waals surface area contributed by atoms with Gasteiger partial charge in [-0.25, -0.2) is 4.98 Å². The van der Waals surface area contributed by atoms with Crippen molar-refractivity contribution in [3.8, 4) is 11.5 Å². The number of amides is 1. The predicted molar refractivity (Wildman–Crippen MR) is 141 cm³/mol. The number of aromatic nitrogens is 3. The molecule has 4 N–H and O–H groups in total. The molecular weight excluding hydrogens is 476 g/mol. The third-order valence-electron chi connectivity index (χ3n) is 6.81. The number of rotatable bonds is 6.